The van der Waals surface area contributed by atoms with Crippen molar-refractivity contribution in [3.63, 3.8) is 0 Å². The average Bonchev–Trinajstić information content (AvgIpc) is 2.96. The number of carbonyl (C=O) groups excluding carboxylic acids is 1. The molecule has 2 aromatic heterocycles. The van der Waals surface area contributed by atoms with Crippen LogP contribution in [0.1, 0.15) is 11.1 Å². The molecule has 122 valence electrons. The fourth-order valence-electron chi connectivity index (χ4n) is 2.47. The Kier molecular flexibility index (Phi) is 4.61. The maximum Gasteiger partial charge on any atom is 0.227 e. The molecule has 3 aromatic rings. The predicted molar refractivity (Wildman–Crippen MR) is 94.0 cm³/mol. The van der Waals surface area contributed by atoms with Crippen molar-refractivity contribution in [3.8, 4) is 17.2 Å². The van der Waals surface area contributed by atoms with Gasteiger partial charge >= 0.3 is 0 Å². The zero-order valence-electron chi connectivity index (χ0n) is 13.4. The maximum atomic E-state index is 11.1. The van der Waals surface area contributed by atoms with E-state index in [0.29, 0.717) is 11.0 Å². The summed E-state index contributed by atoms with van der Waals surface area (Å²) in [5.41, 5.74) is 9.19. The van der Waals surface area contributed by atoms with E-state index in [9.17, 15) is 4.79 Å². The molecule has 0 spiro atoms. The smallest absolute Gasteiger partial charge is 0.227 e. The molecule has 0 aliphatic heterocycles. The van der Waals surface area contributed by atoms with Gasteiger partial charge in [0, 0.05) is 6.20 Å². The first-order valence-electron chi connectivity index (χ1n) is 7.41. The van der Waals surface area contributed by atoms with Gasteiger partial charge in [-0.2, -0.15) is 0 Å². The number of thioether (sulfide) groups is 1. The number of pyridine rings is 1. The van der Waals surface area contributed by atoms with Crippen LogP contribution >= 0.6 is 11.8 Å². The Morgan fingerprint density at radius 3 is 2.54 bits per heavy atom. The predicted octanol–water partition coefficient (Wildman–Crippen LogP) is 2.52. The lowest BCUT2D eigenvalue weighted by Gasteiger charge is -2.11. The number of benzene rings is 1. The van der Waals surface area contributed by atoms with Crippen LogP contribution in [0.4, 0.5) is 0 Å². The zero-order chi connectivity index (χ0) is 17.1. The summed E-state index contributed by atoms with van der Waals surface area (Å²) in [4.78, 5) is 15.5. The first-order valence-corrected chi connectivity index (χ1v) is 8.40. The summed E-state index contributed by atoms with van der Waals surface area (Å²) in [6.45, 7) is 4.08. The second-order valence-electron chi connectivity index (χ2n) is 5.46. The van der Waals surface area contributed by atoms with Crippen LogP contribution in [0.25, 0.3) is 17.2 Å². The molecule has 0 fully saturated rings. The van der Waals surface area contributed by atoms with Crippen molar-refractivity contribution in [1.29, 1.82) is 0 Å². The van der Waals surface area contributed by atoms with Gasteiger partial charge in [-0.05, 0) is 49.2 Å². The number of primary amides is 1. The second-order valence-corrected chi connectivity index (χ2v) is 6.40. The molecule has 0 atom stereocenters. The SMILES string of the molecule is Cc1cc(C)cc(-n2c(SCC(N)=O)nnc2-c2ccccn2)c1. The van der Waals surface area contributed by atoms with Crippen molar-refractivity contribution < 1.29 is 4.79 Å². The van der Waals surface area contributed by atoms with E-state index >= 15 is 0 Å². The third-order valence-electron chi connectivity index (χ3n) is 3.34. The van der Waals surface area contributed by atoms with Crippen molar-refractivity contribution in [1.82, 2.24) is 19.7 Å². The van der Waals surface area contributed by atoms with Crippen molar-refractivity contribution in [2.75, 3.05) is 5.75 Å². The Hall–Kier alpha value is -2.67. The Labute approximate surface area is 144 Å². The van der Waals surface area contributed by atoms with E-state index in [2.05, 4.69) is 33.4 Å². The summed E-state index contributed by atoms with van der Waals surface area (Å²) in [6.07, 6.45) is 1.71. The van der Waals surface area contributed by atoms with Crippen molar-refractivity contribution in [2.24, 2.45) is 5.73 Å². The van der Waals surface area contributed by atoms with E-state index in [1.165, 1.54) is 11.8 Å². The van der Waals surface area contributed by atoms with Crippen molar-refractivity contribution >= 4 is 17.7 Å². The summed E-state index contributed by atoms with van der Waals surface area (Å²) in [7, 11) is 0. The molecule has 0 saturated heterocycles. The highest BCUT2D eigenvalue weighted by molar-refractivity contribution is 7.99. The minimum absolute atomic E-state index is 0.144. The number of aromatic nitrogens is 4. The minimum atomic E-state index is -0.394. The number of nitrogens with two attached hydrogens (primary N) is 1. The van der Waals surface area contributed by atoms with Crippen molar-refractivity contribution in [2.45, 2.75) is 19.0 Å². The lowest BCUT2D eigenvalue weighted by molar-refractivity contribution is -0.115. The lowest BCUT2D eigenvalue weighted by Crippen LogP contribution is -2.13. The molecule has 1 aromatic carbocycles. The molecule has 7 heteroatoms. The van der Waals surface area contributed by atoms with Gasteiger partial charge < -0.3 is 5.73 Å². The van der Waals surface area contributed by atoms with Gasteiger partial charge in [-0.15, -0.1) is 10.2 Å². The van der Waals surface area contributed by atoms with Gasteiger partial charge in [0.2, 0.25) is 5.91 Å². The van der Waals surface area contributed by atoms with Crippen molar-refractivity contribution in [3.05, 3.63) is 53.7 Å². The molecule has 3 rings (SSSR count). The first-order chi connectivity index (χ1) is 11.5. The van der Waals surface area contributed by atoms with Crippen LogP contribution < -0.4 is 5.73 Å². The van der Waals surface area contributed by atoms with E-state index < -0.39 is 5.91 Å². The Bertz CT molecular complexity index is 856. The van der Waals surface area contributed by atoms with Gasteiger partial charge in [0.25, 0.3) is 0 Å². The molecule has 0 aliphatic rings. The molecule has 0 radical (unpaired) electrons. The molecular formula is C17H17N5OS. The molecule has 6 nitrogen and oxygen atoms in total. The molecular weight excluding hydrogens is 322 g/mol. The topological polar surface area (TPSA) is 86.7 Å². The van der Waals surface area contributed by atoms with E-state index in [1.54, 1.807) is 6.20 Å². The highest BCUT2D eigenvalue weighted by Gasteiger charge is 2.17. The minimum Gasteiger partial charge on any atom is -0.369 e. The van der Waals surface area contributed by atoms with E-state index in [1.807, 2.05) is 36.6 Å². The van der Waals surface area contributed by atoms with Gasteiger partial charge in [-0.3, -0.25) is 14.3 Å². The number of aryl methyl sites for hydroxylation is 2. The molecule has 2 N–H and O–H groups in total. The highest BCUT2D eigenvalue weighted by Crippen LogP contribution is 2.27. The molecule has 0 saturated carbocycles. The molecule has 2 heterocycles. The summed E-state index contributed by atoms with van der Waals surface area (Å²) in [5, 5.41) is 9.12. The van der Waals surface area contributed by atoms with Crippen LogP contribution in [-0.2, 0) is 4.79 Å². The molecule has 0 unspecified atom stereocenters. The van der Waals surface area contributed by atoms with E-state index in [0.717, 1.165) is 22.5 Å². The zero-order valence-corrected chi connectivity index (χ0v) is 14.2. The van der Waals surface area contributed by atoms with Gasteiger partial charge in [0.15, 0.2) is 11.0 Å². The van der Waals surface area contributed by atoms with E-state index in [4.69, 9.17) is 5.73 Å². The summed E-state index contributed by atoms with van der Waals surface area (Å²) >= 11 is 1.26. The first kappa shape index (κ1) is 16.2. The molecule has 0 aliphatic carbocycles. The van der Waals surface area contributed by atoms with Crippen LogP contribution in [0.5, 0.6) is 0 Å². The molecule has 24 heavy (non-hydrogen) atoms. The number of hydrogen-bond acceptors (Lipinski definition) is 5. The number of amides is 1. The second kappa shape index (κ2) is 6.84. The fourth-order valence-corrected chi connectivity index (χ4v) is 3.16. The third-order valence-corrected chi connectivity index (χ3v) is 4.29. The Morgan fingerprint density at radius 1 is 1.17 bits per heavy atom. The number of rotatable bonds is 5. The van der Waals surface area contributed by atoms with Crippen LogP contribution in [0.2, 0.25) is 0 Å². The summed E-state index contributed by atoms with van der Waals surface area (Å²) < 4.78 is 1.91. The van der Waals surface area contributed by atoms with Crippen LogP contribution in [0.15, 0.2) is 47.8 Å². The van der Waals surface area contributed by atoms with Crippen LogP contribution in [0.3, 0.4) is 0 Å². The Morgan fingerprint density at radius 2 is 1.92 bits per heavy atom. The maximum absolute atomic E-state index is 11.1. The van der Waals surface area contributed by atoms with Gasteiger partial charge in [-0.1, -0.05) is 23.9 Å². The lowest BCUT2D eigenvalue weighted by atomic mass is 10.1. The van der Waals surface area contributed by atoms with Gasteiger partial charge in [0.05, 0.1) is 11.4 Å². The van der Waals surface area contributed by atoms with Crippen LogP contribution in [0, 0.1) is 13.8 Å². The average molecular weight is 339 g/mol. The fraction of sp³-hybridized carbons (Fsp3) is 0.176. The summed E-state index contributed by atoms with van der Waals surface area (Å²) in [6, 6.07) is 11.8. The largest absolute Gasteiger partial charge is 0.369 e. The Balaban J connectivity index is 2.15. The number of nitrogens with zero attached hydrogens (tertiary/aromatic N) is 4. The number of carbonyl (C=O) groups is 1. The van der Waals surface area contributed by atoms with E-state index in [-0.39, 0.29) is 5.75 Å². The van der Waals surface area contributed by atoms with Crippen LogP contribution in [-0.4, -0.2) is 31.4 Å². The molecule has 0 bridgehead atoms. The standard InChI is InChI=1S/C17H17N5OS/c1-11-7-12(2)9-13(8-11)22-16(14-5-3-4-6-19-14)20-21-17(22)24-10-15(18)23/h3-9H,10H2,1-2H3,(H2,18,23). The van der Waals surface area contributed by atoms with Gasteiger partial charge in [-0.25, -0.2) is 0 Å². The number of hydrogen-bond donors (Lipinski definition) is 1. The third kappa shape index (κ3) is 3.46. The quantitative estimate of drug-likeness (QED) is 0.722. The van der Waals surface area contributed by atoms with Gasteiger partial charge in [0.1, 0.15) is 5.69 Å². The monoisotopic (exact) mass is 339 g/mol. The highest BCUT2D eigenvalue weighted by atomic mass is 32.2. The summed E-state index contributed by atoms with van der Waals surface area (Å²) in [5.74, 6) is 0.382. The molecule has 1 amide bonds. The normalized spacial score (nSPS) is 10.8.